The van der Waals surface area contributed by atoms with Crippen LogP contribution >= 0.6 is 0 Å². The van der Waals surface area contributed by atoms with Crippen LogP contribution in [0.15, 0.2) is 53.1 Å². The molecule has 1 heterocycles. The third kappa shape index (κ3) is 4.18. The molecule has 134 valence electrons. The number of hydrogen-bond donors (Lipinski definition) is 1. The molecule has 0 atom stereocenters. The summed E-state index contributed by atoms with van der Waals surface area (Å²) >= 11 is 0. The molecular weight excluding hydrogens is 334 g/mol. The second-order valence-electron chi connectivity index (χ2n) is 5.48. The summed E-state index contributed by atoms with van der Waals surface area (Å²) in [5.74, 6) is 2.02. The fourth-order valence-electron chi connectivity index (χ4n) is 2.38. The summed E-state index contributed by atoms with van der Waals surface area (Å²) < 4.78 is 15.8. The lowest BCUT2D eigenvalue weighted by molar-refractivity contribution is 0.0953. The Labute approximate surface area is 150 Å². The smallest absolute Gasteiger partial charge is 0.251 e. The number of nitrogens with one attached hydrogen (secondary N) is 1. The van der Waals surface area contributed by atoms with Gasteiger partial charge in [0.25, 0.3) is 5.91 Å². The van der Waals surface area contributed by atoms with Gasteiger partial charge < -0.3 is 19.3 Å². The molecule has 0 aliphatic heterocycles. The van der Waals surface area contributed by atoms with E-state index >= 15 is 0 Å². The zero-order valence-electron chi connectivity index (χ0n) is 14.6. The lowest BCUT2D eigenvalue weighted by atomic mass is 10.2. The first-order chi connectivity index (χ1) is 12.7. The van der Waals surface area contributed by atoms with Crippen LogP contribution in [-0.4, -0.2) is 36.8 Å². The first-order valence-corrected chi connectivity index (χ1v) is 8.09. The maximum Gasteiger partial charge on any atom is 0.251 e. The van der Waals surface area contributed by atoms with E-state index in [4.69, 9.17) is 14.0 Å². The highest BCUT2D eigenvalue weighted by Gasteiger charge is 2.12. The highest BCUT2D eigenvalue weighted by molar-refractivity contribution is 5.94. The van der Waals surface area contributed by atoms with Crippen molar-refractivity contribution in [1.82, 2.24) is 15.5 Å². The minimum absolute atomic E-state index is 0.136. The van der Waals surface area contributed by atoms with Crippen LogP contribution in [0.2, 0.25) is 0 Å². The molecule has 0 fully saturated rings. The highest BCUT2D eigenvalue weighted by Crippen LogP contribution is 2.28. The first-order valence-electron chi connectivity index (χ1n) is 8.09. The summed E-state index contributed by atoms with van der Waals surface area (Å²) in [5, 5.41) is 6.81. The number of carbonyl (C=O) groups is 1. The van der Waals surface area contributed by atoms with Crippen molar-refractivity contribution in [2.45, 2.75) is 6.42 Å². The van der Waals surface area contributed by atoms with Gasteiger partial charge in [-0.1, -0.05) is 23.4 Å². The van der Waals surface area contributed by atoms with Crippen molar-refractivity contribution in [3.63, 3.8) is 0 Å². The van der Waals surface area contributed by atoms with Crippen molar-refractivity contribution < 1.29 is 18.8 Å². The topological polar surface area (TPSA) is 86.5 Å². The molecule has 0 spiro atoms. The average molecular weight is 353 g/mol. The van der Waals surface area contributed by atoms with Crippen LogP contribution in [0.5, 0.6) is 11.5 Å². The van der Waals surface area contributed by atoms with Gasteiger partial charge in [-0.2, -0.15) is 4.98 Å². The van der Waals surface area contributed by atoms with E-state index in [1.807, 2.05) is 18.2 Å². The second-order valence-corrected chi connectivity index (χ2v) is 5.48. The van der Waals surface area contributed by atoms with Crippen LogP contribution in [0.1, 0.15) is 16.2 Å². The predicted molar refractivity (Wildman–Crippen MR) is 95.3 cm³/mol. The van der Waals surface area contributed by atoms with E-state index in [9.17, 15) is 4.79 Å². The number of hydrogen-bond acceptors (Lipinski definition) is 6. The third-order valence-corrected chi connectivity index (χ3v) is 3.74. The van der Waals surface area contributed by atoms with Crippen LogP contribution in [0.3, 0.4) is 0 Å². The Morgan fingerprint density at radius 3 is 2.42 bits per heavy atom. The molecule has 3 aromatic rings. The van der Waals surface area contributed by atoms with Gasteiger partial charge in [0.15, 0.2) is 0 Å². The SMILES string of the molecule is COc1cc(OC)cc(-c2noc(CCNC(=O)c3ccccc3)n2)c1. The van der Waals surface area contributed by atoms with Gasteiger partial charge in [-0.05, 0) is 24.3 Å². The molecule has 0 radical (unpaired) electrons. The van der Waals surface area contributed by atoms with Crippen molar-refractivity contribution >= 4 is 5.91 Å². The standard InChI is InChI=1S/C19H19N3O4/c1-24-15-10-14(11-16(12-15)25-2)18-21-17(26-22-18)8-9-20-19(23)13-6-4-3-5-7-13/h3-7,10-12H,8-9H2,1-2H3,(H,20,23). The van der Waals surface area contributed by atoms with Gasteiger partial charge in [-0.25, -0.2) is 0 Å². The van der Waals surface area contributed by atoms with Crippen LogP contribution in [-0.2, 0) is 6.42 Å². The molecule has 1 N–H and O–H groups in total. The number of carbonyl (C=O) groups excluding carboxylic acids is 1. The lowest BCUT2D eigenvalue weighted by Gasteiger charge is -2.05. The van der Waals surface area contributed by atoms with Gasteiger partial charge in [0.1, 0.15) is 11.5 Å². The summed E-state index contributed by atoms with van der Waals surface area (Å²) in [5.41, 5.74) is 1.34. The van der Waals surface area contributed by atoms with Crippen molar-refractivity contribution in [1.29, 1.82) is 0 Å². The molecule has 26 heavy (non-hydrogen) atoms. The van der Waals surface area contributed by atoms with E-state index in [0.29, 0.717) is 41.7 Å². The Morgan fingerprint density at radius 2 is 1.77 bits per heavy atom. The van der Waals surface area contributed by atoms with Crippen molar-refractivity contribution in [2.75, 3.05) is 20.8 Å². The number of ether oxygens (including phenoxy) is 2. The van der Waals surface area contributed by atoms with E-state index in [1.165, 1.54) is 0 Å². The number of methoxy groups -OCH3 is 2. The maximum atomic E-state index is 12.0. The second kappa shape index (κ2) is 8.15. The zero-order chi connectivity index (χ0) is 18.4. The monoisotopic (exact) mass is 353 g/mol. The van der Waals surface area contributed by atoms with Gasteiger partial charge >= 0.3 is 0 Å². The van der Waals surface area contributed by atoms with Crippen LogP contribution in [0, 0.1) is 0 Å². The molecule has 3 rings (SSSR count). The average Bonchev–Trinajstić information content (AvgIpc) is 3.17. The third-order valence-electron chi connectivity index (χ3n) is 3.74. The largest absolute Gasteiger partial charge is 0.497 e. The summed E-state index contributed by atoms with van der Waals surface area (Å²) in [6.45, 7) is 0.400. The minimum Gasteiger partial charge on any atom is -0.497 e. The molecule has 0 saturated carbocycles. The van der Waals surface area contributed by atoms with Crippen molar-refractivity contribution in [3.8, 4) is 22.9 Å². The molecule has 0 saturated heterocycles. The zero-order valence-corrected chi connectivity index (χ0v) is 14.6. The Morgan fingerprint density at radius 1 is 1.08 bits per heavy atom. The van der Waals surface area contributed by atoms with Gasteiger partial charge in [-0.15, -0.1) is 0 Å². The Balaban J connectivity index is 1.62. The molecule has 0 bridgehead atoms. The molecular formula is C19H19N3O4. The van der Waals surface area contributed by atoms with Crippen molar-refractivity contribution in [2.24, 2.45) is 0 Å². The number of amides is 1. The molecule has 0 aliphatic carbocycles. The Kier molecular flexibility index (Phi) is 5.48. The van der Waals surface area contributed by atoms with E-state index in [-0.39, 0.29) is 5.91 Å². The number of nitrogens with zero attached hydrogens (tertiary/aromatic N) is 2. The fraction of sp³-hybridized carbons (Fsp3) is 0.211. The quantitative estimate of drug-likeness (QED) is 0.703. The number of rotatable bonds is 7. The minimum atomic E-state index is -0.136. The van der Waals surface area contributed by atoms with Crippen LogP contribution < -0.4 is 14.8 Å². The van der Waals surface area contributed by atoms with E-state index in [1.54, 1.807) is 44.6 Å². The molecule has 1 amide bonds. The molecule has 7 heteroatoms. The maximum absolute atomic E-state index is 12.0. The molecule has 0 aliphatic rings. The first kappa shape index (κ1) is 17.5. The molecule has 1 aromatic heterocycles. The summed E-state index contributed by atoms with van der Waals surface area (Å²) in [6.07, 6.45) is 0.437. The summed E-state index contributed by atoms with van der Waals surface area (Å²) in [4.78, 5) is 16.4. The Bertz CT molecular complexity index is 855. The molecule has 2 aromatic carbocycles. The van der Waals surface area contributed by atoms with E-state index in [2.05, 4.69) is 15.5 Å². The molecule has 0 unspecified atom stereocenters. The van der Waals surface area contributed by atoms with Gasteiger partial charge in [0, 0.05) is 30.2 Å². The summed E-state index contributed by atoms with van der Waals surface area (Å²) in [7, 11) is 3.16. The van der Waals surface area contributed by atoms with Crippen LogP contribution in [0.4, 0.5) is 0 Å². The van der Waals surface area contributed by atoms with Crippen LogP contribution in [0.25, 0.3) is 11.4 Å². The van der Waals surface area contributed by atoms with E-state index < -0.39 is 0 Å². The lowest BCUT2D eigenvalue weighted by Crippen LogP contribution is -2.25. The number of aromatic nitrogens is 2. The highest BCUT2D eigenvalue weighted by atomic mass is 16.5. The fourth-order valence-corrected chi connectivity index (χ4v) is 2.38. The van der Waals surface area contributed by atoms with Gasteiger partial charge in [-0.3, -0.25) is 4.79 Å². The van der Waals surface area contributed by atoms with Crippen molar-refractivity contribution in [3.05, 3.63) is 60.0 Å². The van der Waals surface area contributed by atoms with E-state index in [0.717, 1.165) is 5.56 Å². The molecule has 7 nitrogen and oxygen atoms in total. The predicted octanol–water partition coefficient (Wildman–Crippen LogP) is 2.73. The van der Waals surface area contributed by atoms with Gasteiger partial charge in [0.05, 0.1) is 14.2 Å². The number of benzene rings is 2. The van der Waals surface area contributed by atoms with Gasteiger partial charge in [0.2, 0.25) is 11.7 Å². The normalized spacial score (nSPS) is 10.4. The summed E-state index contributed by atoms with van der Waals surface area (Å²) in [6, 6.07) is 14.4. The Hall–Kier alpha value is -3.35.